The topological polar surface area (TPSA) is 12.0 Å². The zero-order chi connectivity index (χ0) is 13.8. The Morgan fingerprint density at radius 2 is 1.84 bits per heavy atom. The van der Waals surface area contributed by atoms with Crippen molar-refractivity contribution in [3.05, 3.63) is 58.9 Å². The van der Waals surface area contributed by atoms with Gasteiger partial charge in [-0.15, -0.1) is 0 Å². The molecular formula is C17H20FN. The molecule has 0 fully saturated rings. The van der Waals surface area contributed by atoms with Gasteiger partial charge in [-0.2, -0.15) is 0 Å². The number of aryl methyl sites for hydroxylation is 2. The van der Waals surface area contributed by atoms with Crippen molar-refractivity contribution in [2.75, 3.05) is 6.54 Å². The Morgan fingerprint density at radius 3 is 2.53 bits per heavy atom. The van der Waals surface area contributed by atoms with E-state index in [0.717, 1.165) is 29.8 Å². The average Bonchev–Trinajstić information content (AvgIpc) is 2.36. The van der Waals surface area contributed by atoms with Gasteiger partial charge in [-0.25, -0.2) is 4.39 Å². The lowest BCUT2D eigenvalue weighted by Crippen LogP contribution is -2.11. The van der Waals surface area contributed by atoms with Gasteiger partial charge in [0.15, 0.2) is 0 Å². The van der Waals surface area contributed by atoms with E-state index in [2.05, 4.69) is 37.4 Å². The van der Waals surface area contributed by atoms with Crippen LogP contribution in [-0.2, 0) is 6.54 Å². The molecule has 19 heavy (non-hydrogen) atoms. The van der Waals surface area contributed by atoms with Crippen LogP contribution in [0.15, 0.2) is 36.4 Å². The largest absolute Gasteiger partial charge is 0.313 e. The third-order valence-electron chi connectivity index (χ3n) is 3.23. The van der Waals surface area contributed by atoms with E-state index in [9.17, 15) is 4.39 Å². The molecule has 0 unspecified atom stereocenters. The maximum absolute atomic E-state index is 13.5. The van der Waals surface area contributed by atoms with Gasteiger partial charge in [0.25, 0.3) is 0 Å². The summed E-state index contributed by atoms with van der Waals surface area (Å²) >= 11 is 0. The summed E-state index contributed by atoms with van der Waals surface area (Å²) in [6, 6.07) is 11.6. The number of rotatable bonds is 4. The summed E-state index contributed by atoms with van der Waals surface area (Å²) in [6.07, 6.45) is 0. The molecule has 0 radical (unpaired) electrons. The molecule has 0 saturated heterocycles. The van der Waals surface area contributed by atoms with E-state index in [0.29, 0.717) is 0 Å². The minimum atomic E-state index is -0.175. The van der Waals surface area contributed by atoms with Gasteiger partial charge in [0, 0.05) is 6.54 Å². The van der Waals surface area contributed by atoms with Crippen molar-refractivity contribution >= 4 is 0 Å². The van der Waals surface area contributed by atoms with Crippen molar-refractivity contribution < 1.29 is 4.39 Å². The normalized spacial score (nSPS) is 10.7. The van der Waals surface area contributed by atoms with Crippen LogP contribution in [0.4, 0.5) is 4.39 Å². The van der Waals surface area contributed by atoms with Crippen LogP contribution >= 0.6 is 0 Å². The first kappa shape index (κ1) is 13.8. The van der Waals surface area contributed by atoms with Crippen LogP contribution in [0.25, 0.3) is 11.1 Å². The van der Waals surface area contributed by atoms with E-state index >= 15 is 0 Å². The highest BCUT2D eigenvalue weighted by Gasteiger charge is 2.06. The molecule has 0 spiro atoms. The van der Waals surface area contributed by atoms with Gasteiger partial charge in [0.05, 0.1) is 0 Å². The summed E-state index contributed by atoms with van der Waals surface area (Å²) < 4.78 is 13.5. The Kier molecular flexibility index (Phi) is 4.33. The van der Waals surface area contributed by atoms with Gasteiger partial charge in [-0.3, -0.25) is 0 Å². The van der Waals surface area contributed by atoms with Crippen LogP contribution < -0.4 is 5.32 Å². The quantitative estimate of drug-likeness (QED) is 0.864. The molecular weight excluding hydrogens is 237 g/mol. The lowest BCUT2D eigenvalue weighted by molar-refractivity contribution is 0.627. The van der Waals surface area contributed by atoms with E-state index in [4.69, 9.17) is 0 Å². The Labute approximate surface area is 114 Å². The molecule has 0 aliphatic carbocycles. The molecule has 0 aromatic heterocycles. The first-order valence-electron chi connectivity index (χ1n) is 6.68. The average molecular weight is 257 g/mol. The first-order chi connectivity index (χ1) is 9.10. The number of benzene rings is 2. The van der Waals surface area contributed by atoms with Crippen molar-refractivity contribution in [1.29, 1.82) is 0 Å². The van der Waals surface area contributed by atoms with Gasteiger partial charge in [-0.1, -0.05) is 25.1 Å². The fourth-order valence-corrected chi connectivity index (χ4v) is 2.25. The standard InChI is InChI=1S/C17H20FN/c1-4-19-11-14-6-5-13(3)17(9-14)15-7-12(2)8-16(18)10-15/h5-10,19H,4,11H2,1-3H3. The van der Waals surface area contributed by atoms with Crippen molar-refractivity contribution in [2.45, 2.75) is 27.3 Å². The number of hydrogen-bond acceptors (Lipinski definition) is 1. The second-order valence-electron chi connectivity index (χ2n) is 4.95. The van der Waals surface area contributed by atoms with Crippen LogP contribution in [0.1, 0.15) is 23.6 Å². The Balaban J connectivity index is 2.42. The molecule has 0 saturated carbocycles. The molecule has 0 bridgehead atoms. The Hall–Kier alpha value is -1.67. The molecule has 0 aliphatic heterocycles. The number of halogens is 1. The molecule has 0 amide bonds. The SMILES string of the molecule is CCNCc1ccc(C)c(-c2cc(C)cc(F)c2)c1. The maximum atomic E-state index is 13.5. The zero-order valence-electron chi connectivity index (χ0n) is 11.8. The third-order valence-corrected chi connectivity index (χ3v) is 3.23. The van der Waals surface area contributed by atoms with Crippen molar-refractivity contribution in [3.63, 3.8) is 0 Å². The molecule has 100 valence electrons. The Bertz CT molecular complexity index is 555. The fourth-order valence-electron chi connectivity index (χ4n) is 2.25. The van der Waals surface area contributed by atoms with Crippen LogP contribution in [-0.4, -0.2) is 6.54 Å². The van der Waals surface area contributed by atoms with Gasteiger partial charge in [0.1, 0.15) is 5.82 Å². The summed E-state index contributed by atoms with van der Waals surface area (Å²) in [4.78, 5) is 0. The molecule has 1 N–H and O–H groups in total. The summed E-state index contributed by atoms with van der Waals surface area (Å²) in [7, 11) is 0. The molecule has 0 aliphatic rings. The summed E-state index contributed by atoms with van der Waals surface area (Å²) in [5.74, 6) is -0.175. The fraction of sp³-hybridized carbons (Fsp3) is 0.294. The first-order valence-corrected chi connectivity index (χ1v) is 6.68. The second-order valence-corrected chi connectivity index (χ2v) is 4.95. The lowest BCUT2D eigenvalue weighted by Gasteiger charge is -2.11. The van der Waals surface area contributed by atoms with Gasteiger partial charge < -0.3 is 5.32 Å². The predicted octanol–water partition coefficient (Wildman–Crippen LogP) is 4.22. The van der Waals surface area contributed by atoms with E-state index in [-0.39, 0.29) is 5.82 Å². The predicted molar refractivity (Wildman–Crippen MR) is 78.7 cm³/mol. The molecule has 2 aromatic rings. The summed E-state index contributed by atoms with van der Waals surface area (Å²) in [6.45, 7) is 7.86. The molecule has 2 aromatic carbocycles. The van der Waals surface area contributed by atoms with Crippen LogP contribution in [0, 0.1) is 19.7 Å². The van der Waals surface area contributed by atoms with Crippen LogP contribution in [0.2, 0.25) is 0 Å². The van der Waals surface area contributed by atoms with Crippen molar-refractivity contribution in [2.24, 2.45) is 0 Å². The smallest absolute Gasteiger partial charge is 0.124 e. The zero-order valence-corrected chi connectivity index (χ0v) is 11.8. The number of nitrogens with one attached hydrogen (secondary N) is 1. The molecule has 0 atom stereocenters. The van der Waals surface area contributed by atoms with Gasteiger partial charge in [-0.05, 0) is 66.4 Å². The monoisotopic (exact) mass is 257 g/mol. The van der Waals surface area contributed by atoms with E-state index in [1.165, 1.54) is 11.1 Å². The van der Waals surface area contributed by atoms with Crippen LogP contribution in [0.3, 0.4) is 0 Å². The van der Waals surface area contributed by atoms with Gasteiger partial charge in [0.2, 0.25) is 0 Å². The van der Waals surface area contributed by atoms with Crippen molar-refractivity contribution in [3.8, 4) is 11.1 Å². The summed E-state index contributed by atoms with van der Waals surface area (Å²) in [5.41, 5.74) is 5.41. The van der Waals surface area contributed by atoms with Crippen molar-refractivity contribution in [1.82, 2.24) is 5.32 Å². The van der Waals surface area contributed by atoms with E-state index < -0.39 is 0 Å². The number of hydrogen-bond donors (Lipinski definition) is 1. The van der Waals surface area contributed by atoms with E-state index in [1.54, 1.807) is 12.1 Å². The highest BCUT2D eigenvalue weighted by Crippen LogP contribution is 2.26. The minimum absolute atomic E-state index is 0.175. The Morgan fingerprint density at radius 1 is 1.05 bits per heavy atom. The lowest BCUT2D eigenvalue weighted by atomic mass is 9.97. The summed E-state index contributed by atoms with van der Waals surface area (Å²) in [5, 5.41) is 3.31. The third kappa shape index (κ3) is 3.42. The minimum Gasteiger partial charge on any atom is -0.313 e. The molecule has 2 heteroatoms. The highest BCUT2D eigenvalue weighted by atomic mass is 19.1. The van der Waals surface area contributed by atoms with Crippen LogP contribution in [0.5, 0.6) is 0 Å². The second kappa shape index (κ2) is 5.98. The molecule has 1 nitrogen and oxygen atoms in total. The molecule has 2 rings (SSSR count). The maximum Gasteiger partial charge on any atom is 0.124 e. The molecule has 0 heterocycles. The van der Waals surface area contributed by atoms with Gasteiger partial charge >= 0.3 is 0 Å². The highest BCUT2D eigenvalue weighted by molar-refractivity contribution is 5.68. The van der Waals surface area contributed by atoms with E-state index in [1.807, 2.05) is 13.0 Å².